The number of nitrogens with one attached hydrogen (secondary N) is 2. The van der Waals surface area contributed by atoms with Crippen LogP contribution in [0.25, 0.3) is 22.3 Å². The number of hydrogen-bond donors (Lipinski definition) is 2. The fourth-order valence-corrected chi connectivity index (χ4v) is 4.94. The van der Waals surface area contributed by atoms with Gasteiger partial charge in [-0.3, -0.25) is 4.98 Å². The number of piperazine rings is 1. The van der Waals surface area contributed by atoms with Crippen molar-refractivity contribution in [1.29, 1.82) is 0 Å². The van der Waals surface area contributed by atoms with Crippen LogP contribution in [-0.2, 0) is 0 Å². The van der Waals surface area contributed by atoms with Crippen LogP contribution in [0.5, 0.6) is 0 Å². The lowest BCUT2D eigenvalue weighted by molar-refractivity contribution is 0.406. The summed E-state index contributed by atoms with van der Waals surface area (Å²) in [4.78, 5) is 24.1. The third kappa shape index (κ3) is 4.66. The van der Waals surface area contributed by atoms with E-state index < -0.39 is 23.4 Å². The highest BCUT2D eigenvalue weighted by Crippen LogP contribution is 2.45. The normalized spacial score (nSPS) is 19.9. The Hall–Kier alpha value is -3.86. The number of fused-ring (bicyclic) bond motifs is 1. The molecule has 0 bridgehead atoms. The van der Waals surface area contributed by atoms with Crippen LogP contribution >= 0.6 is 0 Å². The lowest BCUT2D eigenvalue weighted by Crippen LogP contribution is -2.54. The maximum absolute atomic E-state index is 14.1. The molecule has 0 unspecified atom stereocenters. The predicted molar refractivity (Wildman–Crippen MR) is 134 cm³/mol. The highest BCUT2D eigenvalue weighted by atomic mass is 19.2. The second-order valence-corrected chi connectivity index (χ2v) is 9.79. The second kappa shape index (κ2) is 9.22. The van der Waals surface area contributed by atoms with E-state index in [0.29, 0.717) is 35.5 Å². The molecule has 2 fully saturated rings. The molecule has 0 aromatic carbocycles. The summed E-state index contributed by atoms with van der Waals surface area (Å²) in [5.41, 5.74) is 2.55. The Labute approximate surface area is 211 Å². The van der Waals surface area contributed by atoms with E-state index in [0.717, 1.165) is 42.7 Å². The minimum atomic E-state index is -1.40. The van der Waals surface area contributed by atoms with Gasteiger partial charge in [0.25, 0.3) is 5.95 Å². The molecule has 2 atom stereocenters. The molecule has 0 amide bonds. The van der Waals surface area contributed by atoms with E-state index in [4.69, 9.17) is 9.97 Å². The summed E-state index contributed by atoms with van der Waals surface area (Å²) in [6.45, 7) is 5.91. The number of pyridine rings is 3. The lowest BCUT2D eigenvalue weighted by Gasteiger charge is -2.37. The summed E-state index contributed by atoms with van der Waals surface area (Å²) in [5, 5.41) is 7.21. The van der Waals surface area contributed by atoms with Gasteiger partial charge in [-0.15, -0.1) is 0 Å². The van der Waals surface area contributed by atoms with E-state index in [2.05, 4.69) is 44.3 Å². The van der Waals surface area contributed by atoms with Crippen LogP contribution in [0.15, 0.2) is 36.8 Å². The van der Waals surface area contributed by atoms with Crippen LogP contribution in [0.2, 0.25) is 0 Å². The number of aromatic nitrogens is 5. The maximum Gasteiger partial charge on any atom is 0.251 e. The molecule has 1 saturated heterocycles. The third-order valence-corrected chi connectivity index (χ3v) is 6.64. The molecular weight excluding hydrogens is 481 g/mol. The van der Waals surface area contributed by atoms with Crippen molar-refractivity contribution in [3.05, 3.63) is 59.9 Å². The Balaban J connectivity index is 1.44. The Morgan fingerprint density at radius 2 is 1.76 bits per heavy atom. The first-order valence-corrected chi connectivity index (χ1v) is 12.3. The summed E-state index contributed by atoms with van der Waals surface area (Å²) in [7, 11) is 0. The van der Waals surface area contributed by atoms with Gasteiger partial charge in [0.15, 0.2) is 23.3 Å². The Kier molecular flexibility index (Phi) is 5.86. The minimum absolute atomic E-state index is 0.189. The summed E-state index contributed by atoms with van der Waals surface area (Å²) in [6.07, 6.45) is 7.45. The Morgan fingerprint density at radius 1 is 0.973 bits per heavy atom. The quantitative estimate of drug-likeness (QED) is 0.376. The molecule has 37 heavy (non-hydrogen) atoms. The molecule has 4 aromatic heterocycles. The Morgan fingerprint density at radius 3 is 2.51 bits per heavy atom. The van der Waals surface area contributed by atoms with Crippen molar-refractivity contribution < 1.29 is 13.2 Å². The van der Waals surface area contributed by atoms with E-state index >= 15 is 0 Å². The maximum atomic E-state index is 14.1. The number of halogens is 3. The van der Waals surface area contributed by atoms with Gasteiger partial charge in [-0.2, -0.15) is 9.37 Å². The van der Waals surface area contributed by atoms with E-state index in [1.165, 1.54) is 11.8 Å². The highest BCUT2D eigenvalue weighted by molar-refractivity contribution is 5.94. The molecule has 2 N–H and O–H groups in total. The molecule has 1 saturated carbocycles. The zero-order valence-electron chi connectivity index (χ0n) is 20.3. The summed E-state index contributed by atoms with van der Waals surface area (Å²) in [5.74, 6) is -2.28. The van der Waals surface area contributed by atoms with Crippen molar-refractivity contribution in [2.75, 3.05) is 23.3 Å². The van der Waals surface area contributed by atoms with Crippen molar-refractivity contribution in [2.45, 2.75) is 44.7 Å². The molecule has 0 spiro atoms. The van der Waals surface area contributed by atoms with Gasteiger partial charge in [0.05, 0.1) is 11.7 Å². The number of rotatable bonds is 5. The van der Waals surface area contributed by atoms with Gasteiger partial charge in [0.1, 0.15) is 11.6 Å². The van der Waals surface area contributed by atoms with Gasteiger partial charge < -0.3 is 15.5 Å². The van der Waals surface area contributed by atoms with Gasteiger partial charge in [-0.25, -0.2) is 23.7 Å². The molecule has 8 nitrogen and oxygen atoms in total. The van der Waals surface area contributed by atoms with Crippen molar-refractivity contribution >= 4 is 28.4 Å². The number of nitrogens with zero attached hydrogens (tertiary/aromatic N) is 6. The van der Waals surface area contributed by atoms with Crippen LogP contribution in [0.3, 0.4) is 0 Å². The van der Waals surface area contributed by atoms with Crippen LogP contribution < -0.4 is 15.5 Å². The summed E-state index contributed by atoms with van der Waals surface area (Å²) >= 11 is 0. The fourth-order valence-electron chi connectivity index (χ4n) is 4.94. The molecule has 190 valence electrons. The Bertz CT molecular complexity index is 1480. The topological polar surface area (TPSA) is 91.8 Å². The molecule has 1 aliphatic heterocycles. The van der Waals surface area contributed by atoms with Crippen LogP contribution in [0, 0.1) is 17.6 Å². The molecule has 1 aliphatic carbocycles. The van der Waals surface area contributed by atoms with Crippen molar-refractivity contribution in [2.24, 2.45) is 0 Å². The molecule has 11 heteroatoms. The van der Waals surface area contributed by atoms with Gasteiger partial charge >= 0.3 is 0 Å². The average Bonchev–Trinajstić information content (AvgIpc) is 3.71. The minimum Gasteiger partial charge on any atom is -0.353 e. The standard InChI is InChI=1S/C26H25F3N8/c1-13-11-37(12-14(2)32-13)26-22-17(15-3-4-15)9-30-10-20(22)33-24(36-26)16-5-6-31-21(7-16)34-25-19(28)8-18(27)23(29)35-25/h5-10,13-15,32H,3-4,11-12H2,1-2H3,(H,31,34,35)/t13-,14+. The zero-order chi connectivity index (χ0) is 25.7. The van der Waals surface area contributed by atoms with Crippen molar-refractivity contribution in [3.63, 3.8) is 0 Å². The summed E-state index contributed by atoms with van der Waals surface area (Å²) in [6, 6.07) is 4.38. The van der Waals surface area contributed by atoms with E-state index in [-0.39, 0.29) is 5.82 Å². The fraction of sp³-hybridized carbons (Fsp3) is 0.346. The SMILES string of the molecule is C[C@@H]1CN(c2nc(-c3ccnc(Nc4nc(F)c(F)cc4F)c3)nc3cncc(C4CC4)c23)C[C@H](C)N1. The number of anilines is 3. The largest absolute Gasteiger partial charge is 0.353 e. The number of hydrogen-bond acceptors (Lipinski definition) is 8. The second-order valence-electron chi connectivity index (χ2n) is 9.79. The molecule has 2 aliphatic rings. The molecule has 5 heterocycles. The van der Waals surface area contributed by atoms with E-state index in [9.17, 15) is 13.2 Å². The first-order chi connectivity index (χ1) is 17.9. The molecule has 4 aromatic rings. The lowest BCUT2D eigenvalue weighted by atomic mass is 10.1. The van der Waals surface area contributed by atoms with E-state index in [1.54, 1.807) is 18.3 Å². The highest BCUT2D eigenvalue weighted by Gasteiger charge is 2.31. The first kappa shape index (κ1) is 23.5. The first-order valence-electron chi connectivity index (χ1n) is 12.3. The van der Waals surface area contributed by atoms with Crippen molar-refractivity contribution in [3.8, 4) is 11.4 Å². The summed E-state index contributed by atoms with van der Waals surface area (Å²) < 4.78 is 41.0. The predicted octanol–water partition coefficient (Wildman–Crippen LogP) is 4.71. The van der Waals surface area contributed by atoms with E-state index in [1.807, 2.05) is 6.20 Å². The van der Waals surface area contributed by atoms with Gasteiger partial charge in [0.2, 0.25) is 0 Å². The van der Waals surface area contributed by atoms with Crippen molar-refractivity contribution in [1.82, 2.24) is 30.2 Å². The van der Waals surface area contributed by atoms with Crippen LogP contribution in [0.4, 0.5) is 30.6 Å². The smallest absolute Gasteiger partial charge is 0.251 e. The zero-order valence-corrected chi connectivity index (χ0v) is 20.3. The molecule has 0 radical (unpaired) electrons. The average molecular weight is 507 g/mol. The van der Waals surface area contributed by atoms with Gasteiger partial charge in [0, 0.05) is 54.6 Å². The monoisotopic (exact) mass is 506 g/mol. The van der Waals surface area contributed by atoms with Crippen LogP contribution in [-0.4, -0.2) is 50.1 Å². The third-order valence-electron chi connectivity index (χ3n) is 6.64. The molecular formula is C26H25F3N8. The van der Waals surface area contributed by atoms with Crippen LogP contribution in [0.1, 0.15) is 38.2 Å². The van der Waals surface area contributed by atoms with Gasteiger partial charge in [-0.05, 0) is 50.3 Å². The molecule has 6 rings (SSSR count). The van der Waals surface area contributed by atoms with Gasteiger partial charge in [-0.1, -0.05) is 0 Å².